The Morgan fingerprint density at radius 2 is 2.08 bits per heavy atom. The van der Waals surface area contributed by atoms with E-state index in [1.54, 1.807) is 26.0 Å². The van der Waals surface area contributed by atoms with Gasteiger partial charge in [-0.3, -0.25) is 9.69 Å². The van der Waals surface area contributed by atoms with Crippen molar-refractivity contribution in [3.63, 3.8) is 0 Å². The molecule has 25 heavy (non-hydrogen) atoms. The third kappa shape index (κ3) is 3.60. The van der Waals surface area contributed by atoms with E-state index in [0.29, 0.717) is 31.0 Å². The molecule has 0 radical (unpaired) electrons. The molecule has 1 fully saturated rings. The largest absolute Gasteiger partial charge is 0.371 e. The van der Waals surface area contributed by atoms with E-state index in [0.717, 1.165) is 5.56 Å². The Bertz CT molecular complexity index is 870. The lowest BCUT2D eigenvalue weighted by Gasteiger charge is -2.33. The molecule has 0 amide bonds. The molecule has 2 aromatic rings. The average Bonchev–Trinajstić information content (AvgIpc) is 2.61. The Hall–Kier alpha value is -2.56. The minimum absolute atomic E-state index is 0.135. The molecule has 0 N–H and O–H groups in total. The highest BCUT2D eigenvalue weighted by atomic mass is 19.1. The van der Waals surface area contributed by atoms with E-state index in [2.05, 4.69) is 5.10 Å². The zero-order valence-corrected chi connectivity index (χ0v) is 14.2. The highest BCUT2D eigenvalue weighted by molar-refractivity contribution is 5.36. The van der Waals surface area contributed by atoms with Crippen molar-refractivity contribution in [2.45, 2.75) is 26.6 Å². The average molecular weight is 342 g/mol. The molecule has 6 nitrogen and oxygen atoms in total. The Morgan fingerprint density at radius 1 is 1.36 bits per heavy atom. The Kier molecular flexibility index (Phi) is 4.93. The fraction of sp³-hybridized carbons (Fsp3) is 0.389. The molecule has 3 rings (SSSR count). The minimum Gasteiger partial charge on any atom is -0.371 e. The van der Waals surface area contributed by atoms with Crippen LogP contribution in [0.4, 0.5) is 4.39 Å². The standard InChI is InChI=1S/C18H19FN4O2/c1-12-13(2)21-23(18(24)16(12)9-20)11-22-7-8-25-17(10-22)14-3-5-15(19)6-4-14/h3-6,17H,7-8,10-11H2,1-2H3/t17-/m0/s1. The molecular formula is C18H19FN4O2. The van der Waals surface area contributed by atoms with Gasteiger partial charge in [0.1, 0.15) is 17.4 Å². The van der Waals surface area contributed by atoms with Gasteiger partial charge in [-0.15, -0.1) is 0 Å². The molecule has 130 valence electrons. The number of morpholine rings is 1. The predicted octanol–water partition coefficient (Wildman–Crippen LogP) is 1.90. The molecule has 0 bridgehead atoms. The number of hydrogen-bond acceptors (Lipinski definition) is 5. The van der Waals surface area contributed by atoms with Gasteiger partial charge >= 0.3 is 0 Å². The lowest BCUT2D eigenvalue weighted by Crippen LogP contribution is -2.42. The number of rotatable bonds is 3. The molecule has 2 heterocycles. The van der Waals surface area contributed by atoms with Crippen LogP contribution in [-0.4, -0.2) is 34.4 Å². The molecule has 0 saturated carbocycles. The smallest absolute Gasteiger partial charge is 0.286 e. The molecule has 0 spiro atoms. The van der Waals surface area contributed by atoms with E-state index < -0.39 is 0 Å². The predicted molar refractivity (Wildman–Crippen MR) is 89.4 cm³/mol. The van der Waals surface area contributed by atoms with Crippen molar-refractivity contribution in [1.82, 2.24) is 14.7 Å². The maximum atomic E-state index is 13.1. The van der Waals surface area contributed by atoms with Gasteiger partial charge in [0.2, 0.25) is 0 Å². The van der Waals surface area contributed by atoms with Crippen LogP contribution in [0.3, 0.4) is 0 Å². The number of benzene rings is 1. The number of ether oxygens (including phenoxy) is 1. The second kappa shape index (κ2) is 7.13. The molecule has 1 aromatic carbocycles. The van der Waals surface area contributed by atoms with E-state index in [9.17, 15) is 14.4 Å². The quantitative estimate of drug-likeness (QED) is 0.852. The summed E-state index contributed by atoms with van der Waals surface area (Å²) in [7, 11) is 0. The first-order valence-corrected chi connectivity index (χ1v) is 8.07. The zero-order chi connectivity index (χ0) is 18.0. The van der Waals surface area contributed by atoms with Crippen molar-refractivity contribution >= 4 is 0 Å². The van der Waals surface area contributed by atoms with E-state index in [1.165, 1.54) is 16.8 Å². The van der Waals surface area contributed by atoms with Crippen LogP contribution < -0.4 is 5.56 Å². The summed E-state index contributed by atoms with van der Waals surface area (Å²) < 4.78 is 20.2. The van der Waals surface area contributed by atoms with Crippen LogP contribution >= 0.6 is 0 Å². The Labute approximate surface area is 145 Å². The topological polar surface area (TPSA) is 71.2 Å². The van der Waals surface area contributed by atoms with Crippen molar-refractivity contribution in [2.75, 3.05) is 19.7 Å². The van der Waals surface area contributed by atoms with Crippen LogP contribution in [0.25, 0.3) is 0 Å². The van der Waals surface area contributed by atoms with Gasteiger partial charge < -0.3 is 4.74 Å². The summed E-state index contributed by atoms with van der Waals surface area (Å²) in [5, 5.41) is 13.5. The Balaban J connectivity index is 1.80. The number of hydrogen-bond donors (Lipinski definition) is 0. The van der Waals surface area contributed by atoms with E-state index in [4.69, 9.17) is 4.74 Å². The maximum absolute atomic E-state index is 13.1. The molecular weight excluding hydrogens is 323 g/mol. The first-order chi connectivity index (χ1) is 12.0. The van der Waals surface area contributed by atoms with Crippen LogP contribution in [-0.2, 0) is 11.4 Å². The molecule has 1 saturated heterocycles. The van der Waals surface area contributed by atoms with Gasteiger partial charge in [0, 0.05) is 13.1 Å². The maximum Gasteiger partial charge on any atom is 0.286 e. The van der Waals surface area contributed by atoms with Gasteiger partial charge in [0.05, 0.1) is 25.1 Å². The SMILES string of the molecule is Cc1nn(CN2CCO[C@H](c3ccc(F)cc3)C2)c(=O)c(C#N)c1C. The summed E-state index contributed by atoms with van der Waals surface area (Å²) >= 11 is 0. The highest BCUT2D eigenvalue weighted by Crippen LogP contribution is 2.22. The van der Waals surface area contributed by atoms with Gasteiger partial charge in [0.25, 0.3) is 5.56 Å². The van der Waals surface area contributed by atoms with Crippen LogP contribution in [0.2, 0.25) is 0 Å². The summed E-state index contributed by atoms with van der Waals surface area (Å²) in [5.41, 5.74) is 1.94. The van der Waals surface area contributed by atoms with Crippen LogP contribution in [0.5, 0.6) is 0 Å². The lowest BCUT2D eigenvalue weighted by atomic mass is 10.1. The number of aromatic nitrogens is 2. The third-order valence-corrected chi connectivity index (χ3v) is 4.47. The van der Waals surface area contributed by atoms with Crippen molar-refractivity contribution in [3.05, 3.63) is 62.8 Å². The van der Waals surface area contributed by atoms with E-state index in [-0.39, 0.29) is 29.7 Å². The van der Waals surface area contributed by atoms with Crippen LogP contribution in [0.15, 0.2) is 29.1 Å². The number of nitriles is 1. The molecule has 1 atom stereocenters. The van der Waals surface area contributed by atoms with Crippen molar-refractivity contribution in [2.24, 2.45) is 0 Å². The van der Waals surface area contributed by atoms with Crippen LogP contribution in [0, 0.1) is 31.0 Å². The van der Waals surface area contributed by atoms with Gasteiger partial charge in [-0.1, -0.05) is 12.1 Å². The van der Waals surface area contributed by atoms with Gasteiger partial charge in [-0.25, -0.2) is 9.07 Å². The number of halogens is 1. The van der Waals surface area contributed by atoms with Gasteiger partial charge in [-0.2, -0.15) is 10.4 Å². The normalized spacial score (nSPS) is 18.1. The first-order valence-electron chi connectivity index (χ1n) is 8.07. The monoisotopic (exact) mass is 342 g/mol. The van der Waals surface area contributed by atoms with Crippen molar-refractivity contribution in [1.29, 1.82) is 5.26 Å². The van der Waals surface area contributed by atoms with Gasteiger partial charge in [0.15, 0.2) is 0 Å². The summed E-state index contributed by atoms with van der Waals surface area (Å²) in [6.45, 7) is 5.52. The van der Waals surface area contributed by atoms with Gasteiger partial charge in [-0.05, 0) is 37.1 Å². The summed E-state index contributed by atoms with van der Waals surface area (Å²) in [6.07, 6.45) is -0.188. The van der Waals surface area contributed by atoms with Crippen LogP contribution in [0.1, 0.15) is 28.5 Å². The highest BCUT2D eigenvalue weighted by Gasteiger charge is 2.23. The molecule has 1 aliphatic heterocycles. The lowest BCUT2D eigenvalue weighted by molar-refractivity contribution is -0.0423. The number of nitrogens with zero attached hydrogens (tertiary/aromatic N) is 4. The first kappa shape index (κ1) is 17.3. The van der Waals surface area contributed by atoms with E-state index in [1.807, 2.05) is 11.0 Å². The second-order valence-electron chi connectivity index (χ2n) is 6.13. The molecule has 7 heteroatoms. The summed E-state index contributed by atoms with van der Waals surface area (Å²) in [6, 6.07) is 8.20. The Morgan fingerprint density at radius 3 is 2.76 bits per heavy atom. The minimum atomic E-state index is -0.379. The molecule has 0 aliphatic carbocycles. The molecule has 0 unspecified atom stereocenters. The fourth-order valence-electron chi connectivity index (χ4n) is 2.90. The summed E-state index contributed by atoms with van der Waals surface area (Å²) in [4.78, 5) is 14.5. The molecule has 1 aliphatic rings. The number of aryl methyl sites for hydroxylation is 1. The molecule has 1 aromatic heterocycles. The third-order valence-electron chi connectivity index (χ3n) is 4.47. The van der Waals surface area contributed by atoms with Crippen molar-refractivity contribution in [3.8, 4) is 6.07 Å². The second-order valence-corrected chi connectivity index (χ2v) is 6.13. The fourth-order valence-corrected chi connectivity index (χ4v) is 2.90. The summed E-state index contributed by atoms with van der Waals surface area (Å²) in [5.74, 6) is -0.286. The van der Waals surface area contributed by atoms with Crippen molar-refractivity contribution < 1.29 is 9.13 Å². The zero-order valence-electron chi connectivity index (χ0n) is 14.2. The van der Waals surface area contributed by atoms with E-state index >= 15 is 0 Å².